The molecule has 0 aliphatic rings. The van der Waals surface area contributed by atoms with E-state index in [0.29, 0.717) is 12.3 Å². The van der Waals surface area contributed by atoms with E-state index in [2.05, 4.69) is 5.32 Å². The Balaban J connectivity index is 0.00000288. The number of ether oxygens (including phenoxy) is 1. The first-order valence-corrected chi connectivity index (χ1v) is 7.40. The van der Waals surface area contributed by atoms with Gasteiger partial charge in [-0.15, -0.1) is 12.4 Å². The summed E-state index contributed by atoms with van der Waals surface area (Å²) in [5.41, 5.74) is 1.16. The van der Waals surface area contributed by atoms with E-state index in [1.165, 1.54) is 24.3 Å². The summed E-state index contributed by atoms with van der Waals surface area (Å²) in [5, 5.41) is 23.8. The first-order valence-electron chi connectivity index (χ1n) is 7.40. The van der Waals surface area contributed by atoms with Crippen LogP contribution in [0, 0.1) is 10.1 Å². The smallest absolute Gasteiger partial charge is 0.269 e. The summed E-state index contributed by atoms with van der Waals surface area (Å²) in [6, 6.07) is 15.9. The Hall–Kier alpha value is -2.15. The fourth-order valence-electron chi connectivity index (χ4n) is 2.09. The van der Waals surface area contributed by atoms with Crippen molar-refractivity contribution in [3.8, 4) is 5.75 Å². The number of rotatable bonds is 8. The normalized spacial score (nSPS) is 12.8. The quantitative estimate of drug-likeness (QED) is 0.563. The monoisotopic (exact) mass is 352 g/mol. The van der Waals surface area contributed by atoms with E-state index in [9.17, 15) is 15.2 Å². The predicted octanol–water partition coefficient (Wildman–Crippen LogP) is 3.11. The third kappa shape index (κ3) is 6.16. The topological polar surface area (TPSA) is 84.6 Å². The lowest BCUT2D eigenvalue weighted by Gasteiger charge is -2.18. The van der Waals surface area contributed by atoms with Crippen molar-refractivity contribution in [1.29, 1.82) is 0 Å². The minimum Gasteiger partial charge on any atom is -0.491 e. The Labute approximate surface area is 147 Å². The number of nitrogens with zero attached hydrogens (tertiary/aromatic N) is 1. The minimum atomic E-state index is -0.670. The zero-order valence-corrected chi connectivity index (χ0v) is 14.1. The van der Waals surface area contributed by atoms with Gasteiger partial charge < -0.3 is 15.2 Å². The number of nitrogens with one attached hydrogen (secondary N) is 1. The second kappa shape index (κ2) is 9.87. The number of hydrogen-bond donors (Lipinski definition) is 2. The summed E-state index contributed by atoms with van der Waals surface area (Å²) in [4.78, 5) is 10.1. The molecule has 0 radical (unpaired) electrons. The van der Waals surface area contributed by atoms with Crippen LogP contribution >= 0.6 is 12.4 Å². The number of aliphatic hydroxyl groups excluding tert-OH is 1. The fraction of sp³-hybridized carbons (Fsp3) is 0.294. The molecule has 0 amide bonds. The zero-order chi connectivity index (χ0) is 16.7. The highest BCUT2D eigenvalue weighted by molar-refractivity contribution is 5.85. The third-order valence-corrected chi connectivity index (χ3v) is 3.45. The SMILES string of the molecule is CC(NCC(O)COc1ccc([N+](=O)[O-])cc1)c1ccccc1.Cl. The molecule has 2 atom stereocenters. The van der Waals surface area contributed by atoms with E-state index in [1.807, 2.05) is 37.3 Å². The molecule has 0 bridgehead atoms. The maximum Gasteiger partial charge on any atom is 0.269 e. The zero-order valence-electron chi connectivity index (χ0n) is 13.3. The van der Waals surface area contributed by atoms with E-state index >= 15 is 0 Å². The van der Waals surface area contributed by atoms with Crippen LogP contribution < -0.4 is 10.1 Å². The van der Waals surface area contributed by atoms with E-state index in [0.717, 1.165) is 5.56 Å². The predicted molar refractivity (Wildman–Crippen MR) is 94.7 cm³/mol. The van der Waals surface area contributed by atoms with Crippen LogP contribution in [0.1, 0.15) is 18.5 Å². The van der Waals surface area contributed by atoms with Crippen molar-refractivity contribution in [1.82, 2.24) is 5.32 Å². The van der Waals surface area contributed by atoms with Crippen LogP contribution in [0.15, 0.2) is 54.6 Å². The molecule has 130 valence electrons. The number of non-ortho nitro benzene ring substituents is 1. The fourth-order valence-corrected chi connectivity index (χ4v) is 2.09. The molecule has 2 rings (SSSR count). The Morgan fingerprint density at radius 1 is 1.17 bits per heavy atom. The van der Waals surface area contributed by atoms with Crippen LogP contribution in [-0.2, 0) is 0 Å². The summed E-state index contributed by atoms with van der Waals surface area (Å²) in [5.74, 6) is 0.491. The van der Waals surface area contributed by atoms with Crippen LogP contribution in [0.3, 0.4) is 0 Å². The summed E-state index contributed by atoms with van der Waals surface area (Å²) < 4.78 is 5.43. The molecule has 0 saturated carbocycles. The number of aliphatic hydroxyl groups is 1. The molecule has 2 N–H and O–H groups in total. The second-order valence-electron chi connectivity index (χ2n) is 5.26. The molecule has 0 spiro atoms. The Morgan fingerprint density at radius 3 is 2.38 bits per heavy atom. The highest BCUT2D eigenvalue weighted by Crippen LogP contribution is 2.17. The average Bonchev–Trinajstić information content (AvgIpc) is 2.59. The van der Waals surface area contributed by atoms with Gasteiger partial charge >= 0.3 is 0 Å². The van der Waals surface area contributed by atoms with Gasteiger partial charge in [0.25, 0.3) is 5.69 Å². The number of nitro benzene ring substituents is 1. The Kier molecular flexibility index (Phi) is 8.18. The minimum absolute atomic E-state index is 0. The van der Waals surface area contributed by atoms with Crippen LogP contribution in [0.25, 0.3) is 0 Å². The van der Waals surface area contributed by atoms with Gasteiger partial charge in [-0.2, -0.15) is 0 Å². The number of hydrogen-bond acceptors (Lipinski definition) is 5. The highest BCUT2D eigenvalue weighted by Gasteiger charge is 2.10. The van der Waals surface area contributed by atoms with Gasteiger partial charge in [0.05, 0.1) is 4.92 Å². The van der Waals surface area contributed by atoms with Gasteiger partial charge in [-0.3, -0.25) is 10.1 Å². The lowest BCUT2D eigenvalue weighted by atomic mass is 10.1. The molecule has 0 heterocycles. The first kappa shape index (κ1) is 19.9. The lowest BCUT2D eigenvalue weighted by Crippen LogP contribution is -2.33. The lowest BCUT2D eigenvalue weighted by molar-refractivity contribution is -0.384. The van der Waals surface area contributed by atoms with Crippen molar-refractivity contribution in [2.75, 3.05) is 13.2 Å². The molecule has 0 fully saturated rings. The molecule has 24 heavy (non-hydrogen) atoms. The maximum atomic E-state index is 10.6. The second-order valence-corrected chi connectivity index (χ2v) is 5.26. The van der Waals surface area contributed by atoms with Crippen LogP contribution in [0.5, 0.6) is 5.75 Å². The van der Waals surface area contributed by atoms with Gasteiger partial charge in [0.15, 0.2) is 0 Å². The van der Waals surface area contributed by atoms with Gasteiger partial charge in [-0.25, -0.2) is 0 Å². The molecule has 0 aliphatic heterocycles. The average molecular weight is 353 g/mol. The van der Waals surface area contributed by atoms with Gasteiger partial charge in [-0.1, -0.05) is 30.3 Å². The van der Waals surface area contributed by atoms with E-state index in [4.69, 9.17) is 4.74 Å². The van der Waals surface area contributed by atoms with Gasteiger partial charge in [0.1, 0.15) is 18.5 Å². The van der Waals surface area contributed by atoms with Crippen LogP contribution in [0.4, 0.5) is 5.69 Å². The molecule has 2 aromatic carbocycles. The molecular weight excluding hydrogens is 332 g/mol. The van der Waals surface area contributed by atoms with E-state index in [-0.39, 0.29) is 30.7 Å². The van der Waals surface area contributed by atoms with Crippen LogP contribution in [0.2, 0.25) is 0 Å². The van der Waals surface area contributed by atoms with Gasteiger partial charge in [0, 0.05) is 24.7 Å². The summed E-state index contributed by atoms with van der Waals surface area (Å²) >= 11 is 0. The molecular formula is C17H21ClN2O4. The van der Waals surface area contributed by atoms with Crippen LogP contribution in [-0.4, -0.2) is 29.3 Å². The molecule has 7 heteroatoms. The summed E-state index contributed by atoms with van der Waals surface area (Å²) in [6.07, 6.45) is -0.670. The molecule has 2 aromatic rings. The number of benzene rings is 2. The largest absolute Gasteiger partial charge is 0.491 e. The molecule has 6 nitrogen and oxygen atoms in total. The van der Waals surface area contributed by atoms with Gasteiger partial charge in [-0.05, 0) is 24.6 Å². The van der Waals surface area contributed by atoms with Crippen molar-refractivity contribution >= 4 is 18.1 Å². The Bertz CT molecular complexity index is 622. The van der Waals surface area contributed by atoms with Crippen molar-refractivity contribution in [2.24, 2.45) is 0 Å². The van der Waals surface area contributed by atoms with E-state index < -0.39 is 11.0 Å². The number of nitro groups is 1. The third-order valence-electron chi connectivity index (χ3n) is 3.45. The van der Waals surface area contributed by atoms with Gasteiger partial charge in [0.2, 0.25) is 0 Å². The summed E-state index contributed by atoms with van der Waals surface area (Å²) in [7, 11) is 0. The van der Waals surface area contributed by atoms with Crippen molar-refractivity contribution in [3.63, 3.8) is 0 Å². The standard InChI is InChI=1S/C17H20N2O4.ClH/c1-13(14-5-3-2-4-6-14)18-11-16(20)12-23-17-9-7-15(8-10-17)19(21)22;/h2-10,13,16,18,20H,11-12H2,1H3;1H. The molecule has 0 saturated heterocycles. The molecule has 0 aliphatic carbocycles. The van der Waals surface area contributed by atoms with Crippen molar-refractivity contribution < 1.29 is 14.8 Å². The summed E-state index contributed by atoms with van der Waals surface area (Å²) in [6.45, 7) is 2.54. The van der Waals surface area contributed by atoms with Crippen molar-refractivity contribution in [2.45, 2.75) is 19.1 Å². The first-order chi connectivity index (χ1) is 11.1. The Morgan fingerprint density at radius 2 is 1.79 bits per heavy atom. The molecule has 2 unspecified atom stereocenters. The van der Waals surface area contributed by atoms with Crippen molar-refractivity contribution in [3.05, 3.63) is 70.3 Å². The maximum absolute atomic E-state index is 10.6. The number of halogens is 1. The highest BCUT2D eigenvalue weighted by atomic mass is 35.5. The van der Waals surface area contributed by atoms with E-state index in [1.54, 1.807) is 0 Å². The molecule has 0 aromatic heterocycles.